The maximum Gasteiger partial charge on any atom is 0.234 e. The molecule has 0 radical (unpaired) electrons. The van der Waals surface area contributed by atoms with Gasteiger partial charge in [-0.2, -0.15) is 0 Å². The van der Waals surface area contributed by atoms with E-state index in [9.17, 15) is 4.79 Å². The van der Waals surface area contributed by atoms with Crippen LogP contribution in [0, 0.1) is 0 Å². The van der Waals surface area contributed by atoms with Gasteiger partial charge in [0.2, 0.25) is 5.91 Å². The van der Waals surface area contributed by atoms with Gasteiger partial charge in [0.25, 0.3) is 0 Å². The van der Waals surface area contributed by atoms with Crippen LogP contribution in [0.3, 0.4) is 0 Å². The summed E-state index contributed by atoms with van der Waals surface area (Å²) < 4.78 is 5.30. The lowest BCUT2D eigenvalue weighted by atomic mass is 10.3. The molecule has 19 heavy (non-hydrogen) atoms. The highest BCUT2D eigenvalue weighted by Gasteiger charge is 2.11. The quantitative estimate of drug-likeness (QED) is 0.665. The van der Waals surface area contributed by atoms with E-state index in [1.54, 1.807) is 0 Å². The van der Waals surface area contributed by atoms with E-state index in [0.29, 0.717) is 6.54 Å². The molecule has 1 N–H and O–H groups in total. The van der Waals surface area contributed by atoms with E-state index in [0.717, 1.165) is 65.3 Å². The summed E-state index contributed by atoms with van der Waals surface area (Å²) in [5.74, 6) is 0.148. The van der Waals surface area contributed by atoms with Crippen LogP contribution in [0.25, 0.3) is 0 Å². The zero-order valence-corrected chi connectivity index (χ0v) is 12.5. The minimum atomic E-state index is 0.148. The third kappa shape index (κ3) is 7.50. The second kappa shape index (κ2) is 10.2. The van der Waals surface area contributed by atoms with Crippen LogP contribution < -0.4 is 5.32 Å². The highest BCUT2D eigenvalue weighted by molar-refractivity contribution is 5.77. The minimum Gasteiger partial charge on any atom is -0.379 e. The Morgan fingerprint density at radius 2 is 1.84 bits per heavy atom. The molecule has 1 amide bonds. The largest absolute Gasteiger partial charge is 0.379 e. The second-order valence-electron chi connectivity index (χ2n) is 5.08. The lowest BCUT2D eigenvalue weighted by molar-refractivity contribution is -0.122. The molecule has 1 saturated heterocycles. The van der Waals surface area contributed by atoms with Gasteiger partial charge in [0.15, 0.2) is 0 Å². The first-order valence-corrected chi connectivity index (χ1v) is 7.55. The fraction of sp³-hybridized carbons (Fsp3) is 0.929. The zero-order chi connectivity index (χ0) is 13.9. The highest BCUT2D eigenvalue weighted by Crippen LogP contribution is 1.96. The van der Waals surface area contributed by atoms with Gasteiger partial charge >= 0.3 is 0 Å². The Hall–Kier alpha value is -0.650. The Kier molecular flexibility index (Phi) is 8.79. The molecule has 0 atom stereocenters. The predicted molar refractivity (Wildman–Crippen MR) is 77.3 cm³/mol. The molecule has 1 aliphatic rings. The maximum atomic E-state index is 11.8. The number of nitrogens with zero attached hydrogens (tertiary/aromatic N) is 2. The van der Waals surface area contributed by atoms with E-state index < -0.39 is 0 Å². The lowest BCUT2D eigenvalue weighted by Crippen LogP contribution is -2.43. The molecule has 1 fully saturated rings. The average molecular weight is 271 g/mol. The molecule has 0 saturated carbocycles. The van der Waals surface area contributed by atoms with Crippen LogP contribution in [-0.4, -0.2) is 74.7 Å². The van der Waals surface area contributed by atoms with E-state index in [1.807, 2.05) is 0 Å². The average Bonchev–Trinajstić information content (AvgIpc) is 2.40. The second-order valence-corrected chi connectivity index (χ2v) is 5.08. The summed E-state index contributed by atoms with van der Waals surface area (Å²) in [7, 11) is 0. The van der Waals surface area contributed by atoms with Gasteiger partial charge in [0.05, 0.1) is 19.8 Å². The van der Waals surface area contributed by atoms with Crippen molar-refractivity contribution in [2.24, 2.45) is 0 Å². The molecule has 112 valence electrons. The molecule has 5 heteroatoms. The fourth-order valence-electron chi connectivity index (χ4n) is 2.34. The zero-order valence-electron chi connectivity index (χ0n) is 12.5. The van der Waals surface area contributed by atoms with Gasteiger partial charge in [0, 0.05) is 26.2 Å². The summed E-state index contributed by atoms with van der Waals surface area (Å²) in [4.78, 5) is 16.4. The van der Waals surface area contributed by atoms with E-state index in [-0.39, 0.29) is 5.91 Å². The standard InChI is InChI=1S/C14H29N3O2/c1-3-6-17(7-4-2)13-14(18)15-5-8-16-9-11-19-12-10-16/h3-13H2,1-2H3,(H,15,18). The Morgan fingerprint density at radius 3 is 2.42 bits per heavy atom. The third-order valence-corrected chi connectivity index (χ3v) is 3.30. The van der Waals surface area contributed by atoms with Gasteiger partial charge in [-0.3, -0.25) is 14.6 Å². The van der Waals surface area contributed by atoms with E-state index in [4.69, 9.17) is 4.74 Å². The molecule has 0 aromatic heterocycles. The number of hydrogen-bond acceptors (Lipinski definition) is 4. The van der Waals surface area contributed by atoms with Gasteiger partial charge in [0.1, 0.15) is 0 Å². The molecule has 0 aromatic rings. The van der Waals surface area contributed by atoms with Crippen molar-refractivity contribution in [1.82, 2.24) is 15.1 Å². The van der Waals surface area contributed by atoms with Crippen LogP contribution in [0.4, 0.5) is 0 Å². The Bertz CT molecular complexity index is 237. The molecular formula is C14H29N3O2. The van der Waals surface area contributed by atoms with Crippen LogP contribution in [0.2, 0.25) is 0 Å². The predicted octanol–water partition coefficient (Wildman–Crippen LogP) is 0.557. The molecule has 0 spiro atoms. The van der Waals surface area contributed by atoms with Crippen molar-refractivity contribution in [1.29, 1.82) is 0 Å². The maximum absolute atomic E-state index is 11.8. The van der Waals surface area contributed by atoms with Gasteiger partial charge in [-0.1, -0.05) is 13.8 Å². The van der Waals surface area contributed by atoms with Crippen molar-refractivity contribution in [2.75, 3.05) is 59.0 Å². The summed E-state index contributed by atoms with van der Waals surface area (Å²) in [5.41, 5.74) is 0. The Morgan fingerprint density at radius 1 is 1.21 bits per heavy atom. The SMILES string of the molecule is CCCN(CCC)CC(=O)NCCN1CCOCC1. The number of nitrogens with one attached hydrogen (secondary N) is 1. The number of morpholine rings is 1. The van der Waals surface area contributed by atoms with Gasteiger partial charge in [-0.05, 0) is 25.9 Å². The van der Waals surface area contributed by atoms with E-state index in [1.165, 1.54) is 0 Å². The van der Waals surface area contributed by atoms with Crippen LogP contribution in [-0.2, 0) is 9.53 Å². The number of hydrogen-bond donors (Lipinski definition) is 1. The number of rotatable bonds is 9. The minimum absolute atomic E-state index is 0.148. The van der Waals surface area contributed by atoms with Crippen molar-refractivity contribution in [3.8, 4) is 0 Å². The highest BCUT2D eigenvalue weighted by atomic mass is 16.5. The molecule has 1 rings (SSSR count). The third-order valence-electron chi connectivity index (χ3n) is 3.30. The summed E-state index contributed by atoms with van der Waals surface area (Å²) in [6.07, 6.45) is 2.20. The van der Waals surface area contributed by atoms with E-state index in [2.05, 4.69) is 29.0 Å². The smallest absolute Gasteiger partial charge is 0.234 e. The molecule has 1 aliphatic heterocycles. The van der Waals surface area contributed by atoms with Crippen molar-refractivity contribution >= 4 is 5.91 Å². The molecule has 1 heterocycles. The molecule has 0 unspecified atom stereocenters. The molecular weight excluding hydrogens is 242 g/mol. The van der Waals surface area contributed by atoms with Gasteiger partial charge < -0.3 is 10.1 Å². The van der Waals surface area contributed by atoms with Crippen molar-refractivity contribution < 1.29 is 9.53 Å². The summed E-state index contributed by atoms with van der Waals surface area (Å²) in [5, 5.41) is 3.01. The van der Waals surface area contributed by atoms with Crippen LogP contribution in [0.15, 0.2) is 0 Å². The Labute approximate surface area is 117 Å². The number of ether oxygens (including phenoxy) is 1. The number of amides is 1. The topological polar surface area (TPSA) is 44.8 Å². The summed E-state index contributed by atoms with van der Waals surface area (Å²) >= 11 is 0. The van der Waals surface area contributed by atoms with Crippen LogP contribution in [0.1, 0.15) is 26.7 Å². The number of carbonyl (C=O) groups excluding carboxylic acids is 1. The monoisotopic (exact) mass is 271 g/mol. The van der Waals surface area contributed by atoms with Crippen molar-refractivity contribution in [3.05, 3.63) is 0 Å². The van der Waals surface area contributed by atoms with Gasteiger partial charge in [-0.15, -0.1) is 0 Å². The van der Waals surface area contributed by atoms with Crippen molar-refractivity contribution in [2.45, 2.75) is 26.7 Å². The van der Waals surface area contributed by atoms with Gasteiger partial charge in [-0.25, -0.2) is 0 Å². The molecule has 0 aromatic carbocycles. The first-order chi connectivity index (χ1) is 9.26. The first-order valence-electron chi connectivity index (χ1n) is 7.55. The lowest BCUT2D eigenvalue weighted by Gasteiger charge is -2.26. The summed E-state index contributed by atoms with van der Waals surface area (Å²) in [6.45, 7) is 12.1. The van der Waals surface area contributed by atoms with E-state index >= 15 is 0 Å². The fourth-order valence-corrected chi connectivity index (χ4v) is 2.34. The molecule has 0 bridgehead atoms. The molecule has 0 aliphatic carbocycles. The van der Waals surface area contributed by atoms with Crippen LogP contribution in [0.5, 0.6) is 0 Å². The van der Waals surface area contributed by atoms with Crippen LogP contribution >= 0.6 is 0 Å². The molecule has 5 nitrogen and oxygen atoms in total. The normalized spacial score (nSPS) is 16.8. The summed E-state index contributed by atoms with van der Waals surface area (Å²) in [6, 6.07) is 0. The first kappa shape index (κ1) is 16.4. The Balaban J connectivity index is 2.11. The van der Waals surface area contributed by atoms with Crippen molar-refractivity contribution in [3.63, 3.8) is 0 Å². The number of carbonyl (C=O) groups is 1.